The lowest BCUT2D eigenvalue weighted by molar-refractivity contribution is -0.215. The average molecular weight is 287 g/mol. The van der Waals surface area contributed by atoms with E-state index in [1.54, 1.807) is 0 Å². The number of imide groups is 1. The molecule has 0 aromatic rings. The lowest BCUT2D eigenvalue weighted by atomic mass is 10.1. The highest BCUT2D eigenvalue weighted by atomic mass is 16.7. The van der Waals surface area contributed by atoms with Crippen LogP contribution in [0.5, 0.6) is 0 Å². The van der Waals surface area contributed by atoms with E-state index in [0.29, 0.717) is 5.06 Å². The van der Waals surface area contributed by atoms with Gasteiger partial charge in [0.1, 0.15) is 0 Å². The van der Waals surface area contributed by atoms with Crippen molar-refractivity contribution in [3.8, 4) is 0 Å². The van der Waals surface area contributed by atoms with Gasteiger partial charge in [0.15, 0.2) is 5.60 Å². The van der Waals surface area contributed by atoms with Crippen molar-refractivity contribution >= 4 is 17.8 Å². The molecule has 0 aromatic carbocycles. The van der Waals surface area contributed by atoms with Gasteiger partial charge in [-0.25, -0.2) is 4.79 Å². The molecule has 1 saturated heterocycles. The third-order valence-corrected chi connectivity index (χ3v) is 3.00. The highest BCUT2D eigenvalue weighted by molar-refractivity contribution is 6.01. The number of hydrogen-bond donors (Lipinski definition) is 0. The summed E-state index contributed by atoms with van der Waals surface area (Å²) in [4.78, 5) is 39.6. The first kappa shape index (κ1) is 16.6. The maximum absolute atomic E-state index is 12.0. The molecule has 0 N–H and O–H groups in total. The fourth-order valence-corrected chi connectivity index (χ4v) is 1.32. The van der Waals surface area contributed by atoms with Crippen LogP contribution in [0.2, 0.25) is 0 Å². The van der Waals surface area contributed by atoms with Crippen LogP contribution in [-0.2, 0) is 28.7 Å². The number of carbonyl (C=O) groups excluding carboxylic acids is 3. The number of methoxy groups -OCH3 is 1. The molecule has 1 aliphatic heterocycles. The molecule has 0 saturated carbocycles. The second kappa shape index (κ2) is 5.88. The largest absolute Gasteiger partial charge is 0.376 e. The smallest absolute Gasteiger partial charge is 0.364 e. The Morgan fingerprint density at radius 2 is 1.65 bits per heavy atom. The normalized spacial score (nSPS) is 16.8. The van der Waals surface area contributed by atoms with Crippen LogP contribution in [0.15, 0.2) is 0 Å². The Hall–Kier alpha value is -1.47. The van der Waals surface area contributed by atoms with Crippen LogP contribution in [-0.4, -0.2) is 47.8 Å². The van der Waals surface area contributed by atoms with Crippen molar-refractivity contribution in [2.24, 2.45) is 0 Å². The van der Waals surface area contributed by atoms with Crippen LogP contribution in [0.1, 0.15) is 40.5 Å². The molecule has 0 bridgehead atoms. The van der Waals surface area contributed by atoms with Crippen molar-refractivity contribution < 1.29 is 28.7 Å². The minimum atomic E-state index is -1.29. The first-order valence-corrected chi connectivity index (χ1v) is 6.36. The lowest BCUT2D eigenvalue weighted by Gasteiger charge is -2.30. The van der Waals surface area contributed by atoms with Crippen molar-refractivity contribution in [1.82, 2.24) is 5.06 Å². The van der Waals surface area contributed by atoms with Crippen molar-refractivity contribution in [3.05, 3.63) is 0 Å². The molecule has 20 heavy (non-hydrogen) atoms. The van der Waals surface area contributed by atoms with Crippen LogP contribution in [0.3, 0.4) is 0 Å². The topological polar surface area (TPSA) is 82.1 Å². The number of ether oxygens (including phenoxy) is 2. The van der Waals surface area contributed by atoms with E-state index >= 15 is 0 Å². The Balaban J connectivity index is 2.61. The van der Waals surface area contributed by atoms with Gasteiger partial charge in [-0.15, -0.1) is 5.06 Å². The van der Waals surface area contributed by atoms with Crippen molar-refractivity contribution in [2.75, 3.05) is 13.7 Å². The van der Waals surface area contributed by atoms with E-state index < -0.39 is 29.0 Å². The standard InChI is InChI=1S/C13H21NO6/c1-12(2,18-5)8-19-13(3,4)11(17)20-14-9(15)6-7-10(14)16/h6-8H2,1-5H3. The number of carbonyl (C=O) groups is 3. The quantitative estimate of drug-likeness (QED) is 0.672. The van der Waals surface area contributed by atoms with Crippen molar-refractivity contribution in [1.29, 1.82) is 0 Å². The van der Waals surface area contributed by atoms with Gasteiger partial charge in [-0.3, -0.25) is 9.59 Å². The van der Waals surface area contributed by atoms with Gasteiger partial charge < -0.3 is 14.3 Å². The number of hydroxylamine groups is 2. The minimum Gasteiger partial charge on any atom is -0.376 e. The van der Waals surface area contributed by atoms with E-state index in [1.807, 2.05) is 13.8 Å². The van der Waals surface area contributed by atoms with Gasteiger partial charge in [0.05, 0.1) is 12.2 Å². The number of amides is 2. The van der Waals surface area contributed by atoms with Gasteiger partial charge >= 0.3 is 5.97 Å². The summed E-state index contributed by atoms with van der Waals surface area (Å²) in [6, 6.07) is 0. The second-order valence-electron chi connectivity index (χ2n) is 5.72. The molecule has 0 atom stereocenters. The van der Waals surface area contributed by atoms with Crippen molar-refractivity contribution in [3.63, 3.8) is 0 Å². The maximum atomic E-state index is 12.0. The Bertz CT molecular complexity index is 399. The third kappa shape index (κ3) is 4.01. The van der Waals surface area contributed by atoms with Gasteiger partial charge in [0, 0.05) is 20.0 Å². The fourth-order valence-electron chi connectivity index (χ4n) is 1.32. The Morgan fingerprint density at radius 3 is 2.10 bits per heavy atom. The summed E-state index contributed by atoms with van der Waals surface area (Å²) in [7, 11) is 1.54. The number of rotatable bonds is 6. The third-order valence-electron chi connectivity index (χ3n) is 3.00. The van der Waals surface area contributed by atoms with Gasteiger partial charge in [-0.2, -0.15) is 0 Å². The summed E-state index contributed by atoms with van der Waals surface area (Å²) in [5, 5.41) is 0.509. The Kier molecular flexibility index (Phi) is 4.88. The van der Waals surface area contributed by atoms with Crippen LogP contribution in [0.25, 0.3) is 0 Å². The molecule has 0 aliphatic carbocycles. The zero-order chi connectivity index (χ0) is 15.6. The number of hydrogen-bond acceptors (Lipinski definition) is 6. The molecule has 1 fully saturated rings. The number of nitrogens with zero attached hydrogens (tertiary/aromatic N) is 1. The highest BCUT2D eigenvalue weighted by Crippen LogP contribution is 2.20. The molecule has 114 valence electrons. The van der Waals surface area contributed by atoms with Gasteiger partial charge in [-0.1, -0.05) is 0 Å². The molecule has 0 aromatic heterocycles. The first-order chi connectivity index (χ1) is 9.09. The van der Waals surface area contributed by atoms with E-state index in [2.05, 4.69) is 0 Å². The molecule has 0 unspecified atom stereocenters. The molecule has 0 spiro atoms. The zero-order valence-corrected chi connectivity index (χ0v) is 12.5. The van der Waals surface area contributed by atoms with Gasteiger partial charge in [0.25, 0.3) is 11.8 Å². The second-order valence-corrected chi connectivity index (χ2v) is 5.72. The zero-order valence-electron chi connectivity index (χ0n) is 12.5. The van der Waals surface area contributed by atoms with Crippen LogP contribution >= 0.6 is 0 Å². The summed E-state index contributed by atoms with van der Waals surface area (Å²) < 4.78 is 10.7. The molecule has 2 amide bonds. The highest BCUT2D eigenvalue weighted by Gasteiger charge is 2.39. The van der Waals surface area contributed by atoms with E-state index in [0.717, 1.165) is 0 Å². The first-order valence-electron chi connectivity index (χ1n) is 6.36. The van der Waals surface area contributed by atoms with Gasteiger partial charge in [-0.05, 0) is 27.7 Å². The monoisotopic (exact) mass is 287 g/mol. The Morgan fingerprint density at radius 1 is 1.15 bits per heavy atom. The molecule has 1 heterocycles. The summed E-state index contributed by atoms with van der Waals surface area (Å²) in [5.41, 5.74) is -1.85. The molecule has 7 nitrogen and oxygen atoms in total. The summed E-state index contributed by atoms with van der Waals surface area (Å²) in [6.07, 6.45) is 0.119. The van der Waals surface area contributed by atoms with Crippen LogP contribution in [0, 0.1) is 0 Å². The molecular formula is C13H21NO6. The fraction of sp³-hybridized carbons (Fsp3) is 0.769. The minimum absolute atomic E-state index is 0.0596. The van der Waals surface area contributed by atoms with Crippen LogP contribution in [0.4, 0.5) is 0 Å². The van der Waals surface area contributed by atoms with E-state index in [4.69, 9.17) is 14.3 Å². The molecule has 1 aliphatic rings. The molecular weight excluding hydrogens is 266 g/mol. The SMILES string of the molecule is COC(C)(C)COC(C)(C)C(=O)ON1C(=O)CCC1=O. The average Bonchev–Trinajstić information content (AvgIpc) is 2.68. The van der Waals surface area contributed by atoms with E-state index in [-0.39, 0.29) is 19.4 Å². The Labute approximate surface area is 118 Å². The van der Waals surface area contributed by atoms with Crippen molar-refractivity contribution in [2.45, 2.75) is 51.7 Å². The maximum Gasteiger partial charge on any atom is 0.364 e. The van der Waals surface area contributed by atoms with E-state index in [1.165, 1.54) is 21.0 Å². The summed E-state index contributed by atoms with van der Waals surface area (Å²) in [6.45, 7) is 6.79. The predicted molar refractivity (Wildman–Crippen MR) is 68.3 cm³/mol. The lowest BCUT2D eigenvalue weighted by Crippen LogP contribution is -2.45. The predicted octanol–water partition coefficient (Wildman–Crippen LogP) is 0.814. The van der Waals surface area contributed by atoms with Gasteiger partial charge in [0.2, 0.25) is 0 Å². The summed E-state index contributed by atoms with van der Waals surface area (Å²) >= 11 is 0. The van der Waals surface area contributed by atoms with Crippen LogP contribution < -0.4 is 0 Å². The molecule has 0 radical (unpaired) electrons. The molecule has 1 rings (SSSR count). The molecule has 7 heteroatoms. The summed E-state index contributed by atoms with van der Waals surface area (Å²) in [5.74, 6) is -1.83. The van der Waals surface area contributed by atoms with E-state index in [9.17, 15) is 14.4 Å².